The number of sulfone groups is 1. The zero-order chi connectivity index (χ0) is 11.6. The minimum absolute atomic E-state index is 0.0534. The fourth-order valence-corrected chi connectivity index (χ4v) is 4.79. The average molecular weight is 261 g/mol. The van der Waals surface area contributed by atoms with Crippen molar-refractivity contribution in [1.82, 2.24) is 4.98 Å². The molecule has 0 aliphatic carbocycles. The van der Waals surface area contributed by atoms with E-state index in [9.17, 15) is 13.5 Å². The van der Waals surface area contributed by atoms with E-state index in [0.29, 0.717) is 6.42 Å². The van der Waals surface area contributed by atoms with Crippen LogP contribution < -0.4 is 0 Å². The van der Waals surface area contributed by atoms with Gasteiger partial charge in [0, 0.05) is 17.7 Å². The molecule has 0 saturated carbocycles. The van der Waals surface area contributed by atoms with Gasteiger partial charge in [-0.2, -0.15) is 0 Å². The van der Waals surface area contributed by atoms with Crippen molar-refractivity contribution in [2.45, 2.75) is 12.8 Å². The van der Waals surface area contributed by atoms with E-state index in [1.54, 1.807) is 23.0 Å². The van der Waals surface area contributed by atoms with Gasteiger partial charge in [0.1, 0.15) is 0 Å². The lowest BCUT2D eigenvalue weighted by atomic mass is 9.89. The van der Waals surface area contributed by atoms with Gasteiger partial charge < -0.3 is 5.11 Å². The van der Waals surface area contributed by atoms with Crippen LogP contribution in [0.25, 0.3) is 0 Å². The summed E-state index contributed by atoms with van der Waals surface area (Å²) in [6.07, 6.45) is 3.21. The fourth-order valence-electron chi connectivity index (χ4n) is 2.18. The summed E-state index contributed by atoms with van der Waals surface area (Å²) < 4.78 is 22.7. The molecule has 0 amide bonds. The number of aliphatic hydroxyl groups excluding tert-OH is 1. The summed E-state index contributed by atoms with van der Waals surface area (Å²) in [5.41, 5.74) is 1.76. The Morgan fingerprint density at radius 3 is 2.94 bits per heavy atom. The molecule has 0 spiro atoms. The van der Waals surface area contributed by atoms with Gasteiger partial charge in [-0.25, -0.2) is 8.42 Å². The maximum absolute atomic E-state index is 11.4. The highest BCUT2D eigenvalue weighted by Crippen LogP contribution is 2.29. The van der Waals surface area contributed by atoms with Crippen molar-refractivity contribution in [2.24, 2.45) is 11.8 Å². The summed E-state index contributed by atoms with van der Waals surface area (Å²) in [6, 6.07) is 0. The van der Waals surface area contributed by atoms with Crippen molar-refractivity contribution in [2.75, 3.05) is 18.1 Å². The molecule has 0 aromatic carbocycles. The third kappa shape index (κ3) is 2.81. The molecule has 1 fully saturated rings. The highest BCUT2D eigenvalue weighted by atomic mass is 32.2. The topological polar surface area (TPSA) is 67.3 Å². The van der Waals surface area contributed by atoms with Crippen LogP contribution in [0.1, 0.15) is 11.3 Å². The summed E-state index contributed by atoms with van der Waals surface area (Å²) in [5, 5.41) is 9.34. The van der Waals surface area contributed by atoms with Crippen LogP contribution in [0, 0.1) is 11.8 Å². The maximum Gasteiger partial charge on any atom is 0.150 e. The van der Waals surface area contributed by atoms with Crippen LogP contribution in [-0.2, 0) is 16.3 Å². The van der Waals surface area contributed by atoms with Gasteiger partial charge in [-0.05, 0) is 24.7 Å². The molecule has 6 heteroatoms. The molecule has 2 heterocycles. The smallest absolute Gasteiger partial charge is 0.150 e. The van der Waals surface area contributed by atoms with E-state index in [1.165, 1.54) is 0 Å². The van der Waals surface area contributed by atoms with Crippen LogP contribution in [0.2, 0.25) is 0 Å². The predicted molar refractivity (Wildman–Crippen MR) is 63.2 cm³/mol. The Morgan fingerprint density at radius 2 is 2.44 bits per heavy atom. The van der Waals surface area contributed by atoms with Crippen molar-refractivity contribution in [1.29, 1.82) is 0 Å². The lowest BCUT2D eigenvalue weighted by Crippen LogP contribution is -2.21. The van der Waals surface area contributed by atoms with E-state index in [0.717, 1.165) is 11.3 Å². The van der Waals surface area contributed by atoms with Gasteiger partial charge in [0.2, 0.25) is 0 Å². The minimum atomic E-state index is -2.85. The molecular weight excluding hydrogens is 246 g/mol. The number of thiazole rings is 1. The second kappa shape index (κ2) is 4.81. The first-order valence-corrected chi connectivity index (χ1v) is 7.99. The standard InChI is InChI=1S/C10H15NO3S2/c12-5-9(3-10-4-11-7-15-10)8-1-2-16(13,14)6-8/h4,7-9,12H,1-3,5-6H2. The van der Waals surface area contributed by atoms with Gasteiger partial charge in [0.25, 0.3) is 0 Å². The Morgan fingerprint density at radius 1 is 1.62 bits per heavy atom. The molecule has 4 nitrogen and oxygen atoms in total. The molecule has 1 N–H and O–H groups in total. The number of aromatic nitrogens is 1. The van der Waals surface area contributed by atoms with Crippen molar-refractivity contribution in [3.63, 3.8) is 0 Å². The Hall–Kier alpha value is -0.460. The highest BCUT2D eigenvalue weighted by molar-refractivity contribution is 7.91. The van der Waals surface area contributed by atoms with Crippen LogP contribution in [0.4, 0.5) is 0 Å². The average Bonchev–Trinajstić information content (AvgIpc) is 2.83. The molecule has 1 aliphatic rings. The normalized spacial score (nSPS) is 25.7. The Balaban J connectivity index is 2.01. The summed E-state index contributed by atoms with van der Waals surface area (Å²) >= 11 is 1.55. The van der Waals surface area contributed by atoms with Crippen LogP contribution in [0.3, 0.4) is 0 Å². The lowest BCUT2D eigenvalue weighted by molar-refractivity contribution is 0.184. The van der Waals surface area contributed by atoms with Crippen molar-refractivity contribution < 1.29 is 13.5 Å². The molecule has 0 bridgehead atoms. The Bertz CT molecular complexity index is 427. The molecule has 90 valence electrons. The predicted octanol–water partition coefficient (Wildman–Crippen LogP) is 0.729. The number of rotatable bonds is 4. The zero-order valence-electron chi connectivity index (χ0n) is 8.87. The molecule has 1 aromatic rings. The van der Waals surface area contributed by atoms with E-state index in [1.807, 2.05) is 0 Å². The Labute approximate surface area is 99.3 Å². The van der Waals surface area contributed by atoms with Gasteiger partial charge >= 0.3 is 0 Å². The maximum atomic E-state index is 11.4. The molecule has 2 unspecified atom stereocenters. The van der Waals surface area contributed by atoms with Gasteiger partial charge in [0.15, 0.2) is 9.84 Å². The van der Waals surface area contributed by atoms with Gasteiger partial charge in [-0.15, -0.1) is 11.3 Å². The van der Waals surface area contributed by atoms with E-state index < -0.39 is 9.84 Å². The largest absolute Gasteiger partial charge is 0.396 e. The molecule has 2 atom stereocenters. The summed E-state index contributed by atoms with van der Waals surface area (Å²) in [4.78, 5) is 5.10. The highest BCUT2D eigenvalue weighted by Gasteiger charge is 2.33. The molecule has 16 heavy (non-hydrogen) atoms. The van der Waals surface area contributed by atoms with E-state index in [2.05, 4.69) is 4.98 Å². The van der Waals surface area contributed by atoms with Crippen LogP contribution in [0.15, 0.2) is 11.7 Å². The number of hydrogen-bond donors (Lipinski definition) is 1. The first-order valence-electron chi connectivity index (χ1n) is 5.29. The van der Waals surface area contributed by atoms with Crippen molar-refractivity contribution >= 4 is 21.2 Å². The van der Waals surface area contributed by atoms with Crippen molar-refractivity contribution in [3.8, 4) is 0 Å². The third-order valence-corrected chi connectivity index (χ3v) is 5.71. The van der Waals surface area contributed by atoms with Crippen molar-refractivity contribution in [3.05, 3.63) is 16.6 Å². The second-order valence-corrected chi connectivity index (χ2v) is 7.48. The molecule has 1 saturated heterocycles. The van der Waals surface area contributed by atoms with E-state index >= 15 is 0 Å². The first-order chi connectivity index (χ1) is 7.61. The molecule has 1 aliphatic heterocycles. The van der Waals surface area contributed by atoms with Crippen LogP contribution in [-0.4, -0.2) is 36.6 Å². The SMILES string of the molecule is O=S1(=O)CCC(C(CO)Cc2cncs2)C1. The third-order valence-electron chi connectivity index (χ3n) is 3.12. The van der Waals surface area contributed by atoms with Gasteiger partial charge in [-0.3, -0.25) is 4.98 Å². The van der Waals surface area contributed by atoms with Crippen LogP contribution in [0.5, 0.6) is 0 Å². The molecule has 2 rings (SSSR count). The minimum Gasteiger partial charge on any atom is -0.396 e. The van der Waals surface area contributed by atoms with Gasteiger partial charge in [0.05, 0.1) is 17.0 Å². The number of nitrogens with zero attached hydrogens (tertiary/aromatic N) is 1. The summed E-state index contributed by atoms with van der Waals surface area (Å²) in [6.45, 7) is 0.0537. The quantitative estimate of drug-likeness (QED) is 0.867. The fraction of sp³-hybridized carbons (Fsp3) is 0.700. The Kier molecular flexibility index (Phi) is 3.61. The number of hydrogen-bond acceptors (Lipinski definition) is 5. The summed E-state index contributed by atoms with van der Waals surface area (Å²) in [5.74, 6) is 0.670. The van der Waals surface area contributed by atoms with Crippen LogP contribution >= 0.6 is 11.3 Å². The summed E-state index contributed by atoms with van der Waals surface area (Å²) in [7, 11) is -2.85. The zero-order valence-corrected chi connectivity index (χ0v) is 10.5. The van der Waals surface area contributed by atoms with E-state index in [4.69, 9.17) is 0 Å². The number of aliphatic hydroxyl groups is 1. The monoisotopic (exact) mass is 261 g/mol. The first kappa shape index (κ1) is 12.0. The molecule has 0 radical (unpaired) electrons. The molecule has 1 aromatic heterocycles. The molecular formula is C10H15NO3S2. The lowest BCUT2D eigenvalue weighted by Gasteiger charge is -2.18. The second-order valence-electron chi connectivity index (χ2n) is 4.28. The van der Waals surface area contributed by atoms with E-state index in [-0.39, 0.29) is 29.9 Å². The van der Waals surface area contributed by atoms with Gasteiger partial charge in [-0.1, -0.05) is 0 Å².